The van der Waals surface area contributed by atoms with Gasteiger partial charge in [-0.2, -0.15) is 13.2 Å². The average Bonchev–Trinajstić information content (AvgIpc) is 3.16. The first-order valence-electron chi connectivity index (χ1n) is 7.26. The van der Waals surface area contributed by atoms with Crippen LogP contribution < -0.4 is 10.1 Å². The number of aromatic nitrogens is 4. The van der Waals surface area contributed by atoms with E-state index >= 15 is 0 Å². The Hall–Kier alpha value is -3.43. The van der Waals surface area contributed by atoms with E-state index in [0.717, 1.165) is 0 Å². The Bertz CT molecular complexity index is 909. The van der Waals surface area contributed by atoms with Crippen molar-refractivity contribution in [3.63, 3.8) is 0 Å². The Kier molecular flexibility index (Phi) is 4.57. The molecular formula is C16H12F3N5O2. The van der Waals surface area contributed by atoms with Crippen LogP contribution in [0, 0.1) is 0 Å². The minimum atomic E-state index is -4.78. The Balaban J connectivity index is 1.96. The minimum Gasteiger partial charge on any atom is -0.497 e. The molecule has 1 aromatic carbocycles. The zero-order chi connectivity index (χ0) is 18.7. The molecule has 0 aliphatic heterocycles. The van der Waals surface area contributed by atoms with Gasteiger partial charge in [0.2, 0.25) is 5.95 Å². The molecule has 3 rings (SSSR count). The fourth-order valence-electron chi connectivity index (χ4n) is 2.12. The van der Waals surface area contributed by atoms with Gasteiger partial charge in [0.15, 0.2) is 0 Å². The Labute approximate surface area is 145 Å². The van der Waals surface area contributed by atoms with E-state index in [0.29, 0.717) is 17.6 Å². The first-order valence-corrected chi connectivity index (χ1v) is 7.26. The maximum absolute atomic E-state index is 13.2. The number of halogens is 3. The lowest BCUT2D eigenvalue weighted by atomic mass is 10.2. The van der Waals surface area contributed by atoms with Crippen LogP contribution in [0.2, 0.25) is 0 Å². The lowest BCUT2D eigenvalue weighted by Gasteiger charge is -2.13. The zero-order valence-corrected chi connectivity index (χ0v) is 13.4. The number of rotatable bonds is 4. The van der Waals surface area contributed by atoms with Gasteiger partial charge in [-0.05, 0) is 24.3 Å². The molecule has 0 spiro atoms. The van der Waals surface area contributed by atoms with Crippen LogP contribution in [0.3, 0.4) is 0 Å². The summed E-state index contributed by atoms with van der Waals surface area (Å²) in [7, 11) is 1.47. The number of nitrogens with zero attached hydrogens (tertiary/aromatic N) is 4. The second-order valence-electron chi connectivity index (χ2n) is 5.08. The van der Waals surface area contributed by atoms with Crippen molar-refractivity contribution >= 4 is 11.6 Å². The van der Waals surface area contributed by atoms with E-state index in [1.54, 1.807) is 12.1 Å². The zero-order valence-electron chi connectivity index (χ0n) is 13.4. The third-order valence-corrected chi connectivity index (χ3v) is 3.38. The largest absolute Gasteiger partial charge is 0.497 e. The molecule has 7 nitrogen and oxygen atoms in total. The number of methoxy groups -OCH3 is 1. The number of ether oxygens (including phenoxy) is 1. The van der Waals surface area contributed by atoms with Crippen molar-refractivity contribution in [3.8, 4) is 11.7 Å². The molecule has 0 saturated carbocycles. The third kappa shape index (κ3) is 3.63. The number of hydrogen-bond donors (Lipinski definition) is 1. The number of hydrogen-bond acceptors (Lipinski definition) is 5. The van der Waals surface area contributed by atoms with Gasteiger partial charge in [-0.25, -0.2) is 15.0 Å². The molecule has 1 amide bonds. The van der Waals surface area contributed by atoms with Gasteiger partial charge in [0.1, 0.15) is 23.3 Å². The summed E-state index contributed by atoms with van der Waals surface area (Å²) in [5.41, 5.74) is -1.72. The summed E-state index contributed by atoms with van der Waals surface area (Å²) >= 11 is 0. The van der Waals surface area contributed by atoms with Crippen molar-refractivity contribution < 1.29 is 22.7 Å². The van der Waals surface area contributed by atoms with Gasteiger partial charge in [0.05, 0.1) is 7.11 Å². The maximum Gasteiger partial charge on any atom is 0.420 e. The number of imidazole rings is 1. The smallest absolute Gasteiger partial charge is 0.420 e. The summed E-state index contributed by atoms with van der Waals surface area (Å²) in [4.78, 5) is 23.6. The lowest BCUT2D eigenvalue weighted by Crippen LogP contribution is -2.22. The van der Waals surface area contributed by atoms with Crippen molar-refractivity contribution in [3.05, 3.63) is 60.4 Å². The fraction of sp³-hybridized carbons (Fsp3) is 0.125. The molecule has 0 radical (unpaired) electrons. The van der Waals surface area contributed by atoms with Crippen molar-refractivity contribution in [2.24, 2.45) is 0 Å². The summed E-state index contributed by atoms with van der Waals surface area (Å²) < 4.78 is 46.0. The van der Waals surface area contributed by atoms with E-state index in [1.807, 2.05) is 0 Å². The number of anilines is 1. The molecule has 0 unspecified atom stereocenters. The number of carbonyl (C=O) groups is 1. The summed E-state index contributed by atoms with van der Waals surface area (Å²) in [6.45, 7) is 0. The lowest BCUT2D eigenvalue weighted by molar-refractivity contribution is -0.138. The average molecular weight is 363 g/mol. The Morgan fingerprint density at radius 1 is 1.23 bits per heavy atom. The molecule has 3 aromatic rings. The number of benzene rings is 1. The van der Waals surface area contributed by atoms with Crippen LogP contribution >= 0.6 is 0 Å². The van der Waals surface area contributed by atoms with Gasteiger partial charge >= 0.3 is 6.18 Å². The molecule has 2 heterocycles. The van der Waals surface area contributed by atoms with Gasteiger partial charge in [-0.1, -0.05) is 0 Å². The van der Waals surface area contributed by atoms with E-state index in [9.17, 15) is 18.0 Å². The molecular weight excluding hydrogens is 351 g/mol. The Morgan fingerprint density at radius 2 is 1.96 bits per heavy atom. The van der Waals surface area contributed by atoms with Crippen molar-refractivity contribution in [1.29, 1.82) is 0 Å². The SMILES string of the molecule is COc1ccc(NC(=O)c2nc(-n3ccnc3)ncc2C(F)(F)F)cc1. The first kappa shape index (κ1) is 17.4. The van der Waals surface area contributed by atoms with E-state index in [4.69, 9.17) is 4.74 Å². The highest BCUT2D eigenvalue weighted by molar-refractivity contribution is 6.04. The first-order chi connectivity index (χ1) is 12.4. The van der Waals surface area contributed by atoms with Crippen LogP contribution in [-0.4, -0.2) is 32.5 Å². The van der Waals surface area contributed by atoms with Crippen LogP contribution in [-0.2, 0) is 6.18 Å². The second-order valence-corrected chi connectivity index (χ2v) is 5.08. The number of carbonyl (C=O) groups excluding carboxylic acids is 1. The van der Waals surface area contributed by atoms with Gasteiger partial charge in [-0.3, -0.25) is 9.36 Å². The van der Waals surface area contributed by atoms with Gasteiger partial charge < -0.3 is 10.1 Å². The molecule has 2 aromatic heterocycles. The molecule has 0 aliphatic carbocycles. The van der Waals surface area contributed by atoms with Crippen molar-refractivity contribution in [2.75, 3.05) is 12.4 Å². The van der Waals surface area contributed by atoms with Crippen LogP contribution in [0.15, 0.2) is 49.2 Å². The summed E-state index contributed by atoms with van der Waals surface area (Å²) in [6, 6.07) is 6.14. The van der Waals surface area contributed by atoms with E-state index in [2.05, 4.69) is 20.3 Å². The molecule has 0 aliphatic rings. The number of nitrogens with one attached hydrogen (secondary N) is 1. The van der Waals surface area contributed by atoms with E-state index in [1.165, 1.54) is 42.5 Å². The van der Waals surface area contributed by atoms with Crippen LogP contribution in [0.1, 0.15) is 16.1 Å². The molecule has 10 heteroatoms. The van der Waals surface area contributed by atoms with E-state index in [-0.39, 0.29) is 5.95 Å². The van der Waals surface area contributed by atoms with Crippen LogP contribution in [0.4, 0.5) is 18.9 Å². The summed E-state index contributed by atoms with van der Waals surface area (Å²) in [5.74, 6) is -0.565. The second kappa shape index (κ2) is 6.82. The van der Waals surface area contributed by atoms with Gasteiger partial charge in [0, 0.05) is 24.3 Å². The summed E-state index contributed by atoms with van der Waals surface area (Å²) in [6.07, 6.45) is -0.0229. The molecule has 0 bridgehead atoms. The number of alkyl halides is 3. The van der Waals surface area contributed by atoms with Gasteiger partial charge in [-0.15, -0.1) is 0 Å². The maximum atomic E-state index is 13.2. The summed E-state index contributed by atoms with van der Waals surface area (Å²) in [5, 5.41) is 2.38. The third-order valence-electron chi connectivity index (χ3n) is 3.38. The van der Waals surface area contributed by atoms with E-state index < -0.39 is 23.3 Å². The molecule has 134 valence electrons. The highest BCUT2D eigenvalue weighted by Gasteiger charge is 2.37. The van der Waals surface area contributed by atoms with Crippen LogP contribution in [0.25, 0.3) is 5.95 Å². The predicted molar refractivity (Wildman–Crippen MR) is 85.1 cm³/mol. The predicted octanol–water partition coefficient (Wildman–Crippen LogP) is 2.94. The van der Waals surface area contributed by atoms with Gasteiger partial charge in [0.25, 0.3) is 5.91 Å². The van der Waals surface area contributed by atoms with Crippen molar-refractivity contribution in [2.45, 2.75) is 6.18 Å². The molecule has 26 heavy (non-hydrogen) atoms. The monoisotopic (exact) mass is 363 g/mol. The molecule has 0 atom stereocenters. The fourth-order valence-corrected chi connectivity index (χ4v) is 2.12. The quantitative estimate of drug-likeness (QED) is 0.771. The highest BCUT2D eigenvalue weighted by Crippen LogP contribution is 2.31. The topological polar surface area (TPSA) is 81.9 Å². The highest BCUT2D eigenvalue weighted by atomic mass is 19.4. The molecule has 0 fully saturated rings. The van der Waals surface area contributed by atoms with Crippen LogP contribution in [0.5, 0.6) is 5.75 Å². The Morgan fingerprint density at radius 3 is 2.54 bits per heavy atom. The normalized spacial score (nSPS) is 11.2. The minimum absolute atomic E-state index is 0.101. The standard InChI is InChI=1S/C16H12F3N5O2/c1-26-11-4-2-10(3-5-11)22-14(25)13-12(16(17,18)19)8-21-15(23-13)24-7-6-20-9-24/h2-9H,1H3,(H,22,25). The molecule has 0 saturated heterocycles. The van der Waals surface area contributed by atoms with Crippen molar-refractivity contribution in [1.82, 2.24) is 19.5 Å². The number of amides is 1. The molecule has 1 N–H and O–H groups in total.